The normalized spacial score (nSPS) is 16.1. The Morgan fingerprint density at radius 1 is 1.14 bits per heavy atom. The van der Waals surface area contributed by atoms with Gasteiger partial charge in [-0.15, -0.1) is 0 Å². The first kappa shape index (κ1) is 21.5. The fraction of sp³-hybridized carbons (Fsp3) is 1.00. The molecule has 0 aromatic carbocycles. The van der Waals surface area contributed by atoms with Gasteiger partial charge in [-0.05, 0) is 7.60 Å². The quantitative estimate of drug-likeness (QED) is 0.289. The maximum atomic E-state index is 10.2. The van der Waals surface area contributed by atoms with Crippen molar-refractivity contribution in [2.75, 3.05) is 6.61 Å². The summed E-state index contributed by atoms with van der Waals surface area (Å²) in [5.41, 5.74) is 0. The van der Waals surface area contributed by atoms with E-state index < -0.39 is 26.9 Å². The van der Waals surface area contributed by atoms with Crippen molar-refractivity contribution in [2.24, 2.45) is 0 Å². The minimum absolute atomic E-state index is 0. The SMILES string of the molecule is O=P([O-])([O-])C(O)(CO)P(=O)(O)O.[Na+].[Na+]. The summed E-state index contributed by atoms with van der Waals surface area (Å²) in [4.78, 5) is 36.6. The van der Waals surface area contributed by atoms with Crippen LogP contribution in [-0.2, 0) is 9.13 Å². The summed E-state index contributed by atoms with van der Waals surface area (Å²) in [6, 6.07) is 0. The van der Waals surface area contributed by atoms with Crippen molar-refractivity contribution >= 4 is 15.2 Å². The first-order valence-electron chi connectivity index (χ1n) is 2.47. The van der Waals surface area contributed by atoms with Gasteiger partial charge in [0.1, 0.15) is 0 Å². The number of rotatable bonds is 3. The standard InChI is InChI=1S/C2H8O8P2.2Na/c3-1-2(4,11(5,6)7)12(8,9)10;;/h3-4H,1H2,(H2,5,6,7)(H2,8,9,10);;/q;2*+1/p-2. The second-order valence-electron chi connectivity index (χ2n) is 1.97. The molecule has 0 heterocycles. The van der Waals surface area contributed by atoms with Gasteiger partial charge in [0, 0.05) is 0 Å². The summed E-state index contributed by atoms with van der Waals surface area (Å²) in [5, 5.41) is 12.8. The van der Waals surface area contributed by atoms with E-state index in [0.717, 1.165) is 0 Å². The molecular formula is C2H6Na2O8P2. The Bertz CT molecular complexity index is 232. The maximum absolute atomic E-state index is 10.2. The van der Waals surface area contributed by atoms with Gasteiger partial charge in [0.15, 0.2) is 0 Å². The van der Waals surface area contributed by atoms with Crippen molar-refractivity contribution in [1.82, 2.24) is 0 Å². The molecule has 0 aromatic heterocycles. The molecule has 0 rings (SSSR count). The second-order valence-corrected chi connectivity index (χ2v) is 5.89. The van der Waals surface area contributed by atoms with E-state index in [0.29, 0.717) is 0 Å². The Balaban J connectivity index is -0.000000605. The van der Waals surface area contributed by atoms with E-state index in [1.807, 2.05) is 0 Å². The van der Waals surface area contributed by atoms with Crippen LogP contribution in [-0.4, -0.2) is 31.7 Å². The van der Waals surface area contributed by atoms with Crippen LogP contribution >= 0.6 is 15.2 Å². The molecule has 0 spiro atoms. The van der Waals surface area contributed by atoms with Gasteiger partial charge < -0.3 is 34.4 Å². The summed E-state index contributed by atoms with van der Waals surface area (Å²) >= 11 is 0. The second kappa shape index (κ2) is 6.83. The third-order valence-corrected chi connectivity index (χ3v) is 4.73. The predicted molar refractivity (Wildman–Crippen MR) is 31.7 cm³/mol. The molecule has 0 aliphatic carbocycles. The molecule has 0 saturated carbocycles. The van der Waals surface area contributed by atoms with Crippen molar-refractivity contribution < 1.29 is 98.0 Å². The van der Waals surface area contributed by atoms with Crippen LogP contribution in [0.1, 0.15) is 0 Å². The van der Waals surface area contributed by atoms with Gasteiger partial charge in [0.25, 0.3) is 0 Å². The molecule has 0 fully saturated rings. The Hall–Kier alpha value is 2.22. The molecule has 1 unspecified atom stereocenters. The van der Waals surface area contributed by atoms with Crippen LogP contribution in [0.25, 0.3) is 0 Å². The van der Waals surface area contributed by atoms with Gasteiger partial charge in [-0.2, -0.15) is 0 Å². The summed E-state index contributed by atoms with van der Waals surface area (Å²) in [7, 11) is -11.6. The topological polar surface area (TPSA) is 161 Å². The number of hydrogen-bond donors (Lipinski definition) is 4. The first-order valence-corrected chi connectivity index (χ1v) is 5.63. The fourth-order valence-electron chi connectivity index (χ4n) is 0.338. The van der Waals surface area contributed by atoms with Gasteiger partial charge >= 0.3 is 66.7 Å². The average molecular weight is 266 g/mol. The van der Waals surface area contributed by atoms with Crippen LogP contribution < -0.4 is 68.9 Å². The van der Waals surface area contributed by atoms with Gasteiger partial charge in [0.2, 0.25) is 5.08 Å². The molecular weight excluding hydrogens is 260 g/mol. The van der Waals surface area contributed by atoms with Crippen molar-refractivity contribution in [3.05, 3.63) is 0 Å². The molecule has 0 radical (unpaired) electrons. The number of aliphatic hydroxyl groups excluding tert-OH is 1. The third kappa shape index (κ3) is 4.61. The molecule has 0 bridgehead atoms. The summed E-state index contributed by atoms with van der Waals surface area (Å²) in [6.45, 7) is -1.85. The van der Waals surface area contributed by atoms with E-state index in [4.69, 9.17) is 20.0 Å². The van der Waals surface area contributed by atoms with E-state index in [1.165, 1.54) is 0 Å². The summed E-state index contributed by atoms with van der Waals surface area (Å²) in [5.74, 6) is 0. The molecule has 0 aliphatic rings. The van der Waals surface area contributed by atoms with Crippen LogP contribution in [0.3, 0.4) is 0 Å². The zero-order valence-corrected chi connectivity index (χ0v) is 13.3. The third-order valence-electron chi connectivity index (χ3n) is 1.12. The van der Waals surface area contributed by atoms with E-state index in [9.17, 15) is 18.9 Å². The monoisotopic (exact) mass is 266 g/mol. The van der Waals surface area contributed by atoms with E-state index in [1.54, 1.807) is 0 Å². The van der Waals surface area contributed by atoms with Crippen molar-refractivity contribution in [3.8, 4) is 0 Å². The van der Waals surface area contributed by atoms with Crippen LogP contribution in [0.4, 0.5) is 0 Å². The predicted octanol–water partition coefficient (Wildman–Crippen LogP) is -9.28. The minimum Gasteiger partial charge on any atom is -0.808 e. The van der Waals surface area contributed by atoms with E-state index in [2.05, 4.69) is 0 Å². The molecule has 1 atom stereocenters. The Labute approximate surface area is 124 Å². The Morgan fingerprint density at radius 3 is 1.43 bits per heavy atom. The summed E-state index contributed by atoms with van der Waals surface area (Å²) < 4.78 is 20.3. The molecule has 0 aliphatic heterocycles. The van der Waals surface area contributed by atoms with Gasteiger partial charge in [-0.25, -0.2) is 0 Å². The van der Waals surface area contributed by atoms with Crippen molar-refractivity contribution in [1.29, 1.82) is 0 Å². The van der Waals surface area contributed by atoms with Crippen LogP contribution in [0.15, 0.2) is 0 Å². The van der Waals surface area contributed by atoms with E-state index in [-0.39, 0.29) is 59.1 Å². The molecule has 12 heteroatoms. The van der Waals surface area contributed by atoms with Crippen LogP contribution in [0, 0.1) is 0 Å². The van der Waals surface area contributed by atoms with Crippen LogP contribution in [0.5, 0.6) is 0 Å². The first-order chi connectivity index (χ1) is 5.06. The van der Waals surface area contributed by atoms with E-state index >= 15 is 0 Å². The van der Waals surface area contributed by atoms with Gasteiger partial charge in [0.05, 0.1) is 6.61 Å². The number of hydrogen-bond acceptors (Lipinski definition) is 6. The minimum atomic E-state index is -5.97. The average Bonchev–Trinajstić information content (AvgIpc) is 1.81. The molecule has 74 valence electrons. The molecule has 14 heavy (non-hydrogen) atoms. The maximum Gasteiger partial charge on any atom is 1.00 e. The zero-order chi connectivity index (χ0) is 10.2. The molecule has 0 aromatic rings. The smallest absolute Gasteiger partial charge is 0.808 e. The van der Waals surface area contributed by atoms with Crippen molar-refractivity contribution in [2.45, 2.75) is 5.08 Å². The molecule has 8 nitrogen and oxygen atoms in total. The fourth-order valence-corrected chi connectivity index (χ4v) is 1.97. The Kier molecular flexibility index (Phi) is 10.5. The Morgan fingerprint density at radius 2 is 1.43 bits per heavy atom. The molecule has 0 saturated heterocycles. The van der Waals surface area contributed by atoms with Crippen molar-refractivity contribution in [3.63, 3.8) is 0 Å². The number of aliphatic hydroxyl groups is 2. The molecule has 4 N–H and O–H groups in total. The zero-order valence-electron chi connectivity index (χ0n) is 7.52. The largest absolute Gasteiger partial charge is 1.00 e. The molecule has 0 amide bonds. The van der Waals surface area contributed by atoms with Gasteiger partial charge in [-0.1, -0.05) is 0 Å². The van der Waals surface area contributed by atoms with Crippen LogP contribution in [0.2, 0.25) is 0 Å². The van der Waals surface area contributed by atoms with Gasteiger partial charge in [-0.3, -0.25) is 4.57 Å². The summed E-state index contributed by atoms with van der Waals surface area (Å²) in [6.07, 6.45) is 0.